The van der Waals surface area contributed by atoms with Crippen LogP contribution in [0.15, 0.2) is 60.7 Å². The first-order valence-corrected chi connectivity index (χ1v) is 7.81. The average molecular weight is 285 g/mol. The third-order valence-electron chi connectivity index (χ3n) is 5.21. The fourth-order valence-corrected chi connectivity index (χ4v) is 4.05. The third-order valence-corrected chi connectivity index (χ3v) is 5.21. The number of H-pyrrole nitrogens is 1. The molecule has 1 aliphatic rings. The summed E-state index contributed by atoms with van der Waals surface area (Å²) >= 11 is 0. The van der Waals surface area contributed by atoms with Crippen molar-refractivity contribution in [2.75, 3.05) is 0 Å². The van der Waals surface area contributed by atoms with Crippen molar-refractivity contribution in [2.45, 2.75) is 19.3 Å². The predicted molar refractivity (Wildman–Crippen MR) is 95.5 cm³/mol. The van der Waals surface area contributed by atoms with E-state index < -0.39 is 0 Å². The second-order valence-electron chi connectivity index (χ2n) is 6.78. The van der Waals surface area contributed by atoms with Crippen LogP contribution in [0.3, 0.4) is 0 Å². The summed E-state index contributed by atoms with van der Waals surface area (Å²) in [6.07, 6.45) is 0. The SMILES string of the molecule is CC1(C)c2ccccc2-c2cc3[nH]c4ccccc4c3cc21.[HH]. The van der Waals surface area contributed by atoms with Gasteiger partial charge in [0, 0.05) is 28.6 Å². The number of nitrogens with one attached hydrogen (secondary N) is 1. The van der Waals surface area contributed by atoms with Gasteiger partial charge in [0.15, 0.2) is 0 Å². The summed E-state index contributed by atoms with van der Waals surface area (Å²) in [5, 5.41) is 2.64. The van der Waals surface area contributed by atoms with E-state index in [9.17, 15) is 0 Å². The van der Waals surface area contributed by atoms with Gasteiger partial charge in [-0.2, -0.15) is 0 Å². The first-order chi connectivity index (χ1) is 10.7. The summed E-state index contributed by atoms with van der Waals surface area (Å²) in [7, 11) is 0. The maximum absolute atomic E-state index is 3.57. The van der Waals surface area contributed by atoms with Crippen molar-refractivity contribution < 1.29 is 1.43 Å². The number of aromatic amines is 1. The van der Waals surface area contributed by atoms with Crippen molar-refractivity contribution in [3.8, 4) is 11.1 Å². The van der Waals surface area contributed by atoms with E-state index in [0.717, 1.165) is 0 Å². The molecule has 0 saturated carbocycles. The second-order valence-corrected chi connectivity index (χ2v) is 6.78. The van der Waals surface area contributed by atoms with Crippen LogP contribution in [-0.2, 0) is 5.41 Å². The number of benzene rings is 3. The van der Waals surface area contributed by atoms with E-state index in [-0.39, 0.29) is 6.84 Å². The van der Waals surface area contributed by atoms with Crippen LogP contribution in [-0.4, -0.2) is 4.98 Å². The van der Waals surface area contributed by atoms with Crippen molar-refractivity contribution in [3.63, 3.8) is 0 Å². The molecule has 5 rings (SSSR count). The van der Waals surface area contributed by atoms with Crippen LogP contribution in [0.2, 0.25) is 0 Å². The van der Waals surface area contributed by atoms with Gasteiger partial charge >= 0.3 is 0 Å². The third kappa shape index (κ3) is 1.34. The summed E-state index contributed by atoms with van der Waals surface area (Å²) in [6.45, 7) is 4.66. The van der Waals surface area contributed by atoms with E-state index in [4.69, 9.17) is 0 Å². The molecule has 4 aromatic rings. The van der Waals surface area contributed by atoms with Crippen molar-refractivity contribution in [1.29, 1.82) is 0 Å². The van der Waals surface area contributed by atoms with Gasteiger partial charge in [-0.05, 0) is 40.5 Å². The van der Waals surface area contributed by atoms with E-state index in [0.29, 0.717) is 0 Å². The van der Waals surface area contributed by atoms with Crippen LogP contribution in [0.1, 0.15) is 26.4 Å². The molecule has 22 heavy (non-hydrogen) atoms. The van der Waals surface area contributed by atoms with E-state index in [1.165, 1.54) is 44.1 Å². The highest BCUT2D eigenvalue weighted by Gasteiger charge is 2.35. The molecule has 1 nitrogen and oxygen atoms in total. The van der Waals surface area contributed by atoms with Crippen LogP contribution in [0.4, 0.5) is 0 Å². The van der Waals surface area contributed by atoms with Crippen LogP contribution in [0.25, 0.3) is 32.9 Å². The van der Waals surface area contributed by atoms with Crippen molar-refractivity contribution in [1.82, 2.24) is 4.98 Å². The normalized spacial score (nSPS) is 15.2. The van der Waals surface area contributed by atoms with Crippen LogP contribution < -0.4 is 0 Å². The summed E-state index contributed by atoms with van der Waals surface area (Å²) in [6, 6.07) is 22.1. The highest BCUT2D eigenvalue weighted by molar-refractivity contribution is 6.09. The second kappa shape index (κ2) is 3.80. The highest BCUT2D eigenvalue weighted by atomic mass is 14.7. The lowest BCUT2D eigenvalue weighted by atomic mass is 9.82. The topological polar surface area (TPSA) is 15.8 Å². The van der Waals surface area contributed by atoms with Crippen LogP contribution in [0, 0.1) is 0 Å². The monoisotopic (exact) mass is 285 g/mol. The minimum Gasteiger partial charge on any atom is -0.354 e. The standard InChI is InChI=1S/C21H17N.H2/c1-21(2)17-9-5-3-7-13(17)15-12-20-16(11-18(15)21)14-8-4-6-10-19(14)22-20;/h3-12,22H,1-2H3;1H. The van der Waals surface area contributed by atoms with Crippen molar-refractivity contribution in [2.24, 2.45) is 0 Å². The zero-order chi connectivity index (χ0) is 14.9. The summed E-state index contributed by atoms with van der Waals surface area (Å²) < 4.78 is 0. The Hall–Kier alpha value is -2.54. The molecule has 0 aliphatic heterocycles. The van der Waals surface area contributed by atoms with Crippen molar-refractivity contribution in [3.05, 3.63) is 71.8 Å². The molecule has 1 heterocycles. The van der Waals surface area contributed by atoms with Gasteiger partial charge < -0.3 is 4.98 Å². The maximum Gasteiger partial charge on any atom is 0.0471 e. The quantitative estimate of drug-likeness (QED) is 0.415. The predicted octanol–water partition coefficient (Wildman–Crippen LogP) is 5.87. The van der Waals surface area contributed by atoms with Gasteiger partial charge in [0.25, 0.3) is 0 Å². The van der Waals surface area contributed by atoms with Crippen LogP contribution in [0.5, 0.6) is 0 Å². The number of fused-ring (bicyclic) bond motifs is 6. The molecule has 0 radical (unpaired) electrons. The summed E-state index contributed by atoms with van der Waals surface area (Å²) in [5.74, 6) is 0. The van der Waals surface area contributed by atoms with E-state index >= 15 is 0 Å². The minimum absolute atomic E-state index is 0. The Bertz CT molecular complexity index is 1060. The zero-order valence-electron chi connectivity index (χ0n) is 12.8. The Morgan fingerprint density at radius 2 is 1.50 bits per heavy atom. The lowest BCUT2D eigenvalue weighted by Gasteiger charge is -2.21. The molecule has 108 valence electrons. The molecular formula is C21H19N. The Labute approximate surface area is 131 Å². The average Bonchev–Trinajstić information content (AvgIpc) is 3.00. The molecule has 1 aromatic heterocycles. The van der Waals surface area contributed by atoms with E-state index in [1.54, 1.807) is 0 Å². The molecular weight excluding hydrogens is 266 g/mol. The fourth-order valence-electron chi connectivity index (χ4n) is 4.05. The number of aromatic nitrogens is 1. The van der Waals surface area contributed by atoms with Gasteiger partial charge in [-0.3, -0.25) is 0 Å². The molecule has 0 atom stereocenters. The number of hydrogen-bond acceptors (Lipinski definition) is 0. The molecule has 1 N–H and O–H groups in total. The molecule has 3 aromatic carbocycles. The Morgan fingerprint density at radius 1 is 0.727 bits per heavy atom. The maximum atomic E-state index is 3.57. The molecule has 1 aliphatic carbocycles. The Morgan fingerprint density at radius 3 is 2.41 bits per heavy atom. The summed E-state index contributed by atoms with van der Waals surface area (Å²) in [4.78, 5) is 3.57. The summed E-state index contributed by atoms with van der Waals surface area (Å²) in [5.41, 5.74) is 8.13. The van der Waals surface area contributed by atoms with E-state index in [1.807, 2.05) is 0 Å². The molecule has 0 unspecified atom stereocenters. The number of rotatable bonds is 0. The Kier molecular flexibility index (Phi) is 2.08. The van der Waals surface area contributed by atoms with Crippen molar-refractivity contribution >= 4 is 21.8 Å². The number of hydrogen-bond donors (Lipinski definition) is 1. The van der Waals surface area contributed by atoms with E-state index in [2.05, 4.69) is 79.5 Å². The molecule has 0 saturated heterocycles. The van der Waals surface area contributed by atoms with Gasteiger partial charge in [-0.15, -0.1) is 0 Å². The molecule has 0 spiro atoms. The lowest BCUT2D eigenvalue weighted by Crippen LogP contribution is -2.14. The lowest BCUT2D eigenvalue weighted by molar-refractivity contribution is 0.661. The van der Waals surface area contributed by atoms with Gasteiger partial charge in [0.2, 0.25) is 0 Å². The number of para-hydroxylation sites is 1. The molecule has 1 heteroatoms. The van der Waals surface area contributed by atoms with Gasteiger partial charge in [0.1, 0.15) is 0 Å². The zero-order valence-corrected chi connectivity index (χ0v) is 12.8. The Balaban J connectivity index is 0.00000135. The molecule has 0 fully saturated rings. The molecule has 0 amide bonds. The first kappa shape index (κ1) is 12.0. The van der Waals surface area contributed by atoms with Crippen LogP contribution >= 0.6 is 0 Å². The van der Waals surface area contributed by atoms with Gasteiger partial charge in [-0.25, -0.2) is 0 Å². The van der Waals surface area contributed by atoms with Gasteiger partial charge in [0.05, 0.1) is 0 Å². The minimum atomic E-state index is 0. The molecule has 0 bridgehead atoms. The first-order valence-electron chi connectivity index (χ1n) is 7.81. The largest absolute Gasteiger partial charge is 0.354 e. The highest BCUT2D eigenvalue weighted by Crippen LogP contribution is 2.50. The smallest absolute Gasteiger partial charge is 0.0471 e. The van der Waals surface area contributed by atoms with Gasteiger partial charge in [-0.1, -0.05) is 56.3 Å². The fraction of sp³-hybridized carbons (Fsp3) is 0.143.